The molecule has 4 rings (SSSR count). The number of aromatic nitrogens is 2. The van der Waals surface area contributed by atoms with Crippen LogP contribution in [0.25, 0.3) is 10.9 Å². The number of benzene rings is 3. The minimum Gasteiger partial charge on any atom is -0.493 e. The normalized spacial score (nSPS) is 11.2. The Morgan fingerprint density at radius 2 is 2.00 bits per heavy atom. The van der Waals surface area contributed by atoms with Gasteiger partial charge in [-0.05, 0) is 49.2 Å². The van der Waals surface area contributed by atoms with Crippen LogP contribution in [0.5, 0.6) is 11.5 Å². The lowest BCUT2D eigenvalue weighted by molar-refractivity contribution is -0.118. The van der Waals surface area contributed by atoms with Crippen molar-refractivity contribution in [3.63, 3.8) is 0 Å². The zero-order valence-corrected chi connectivity index (χ0v) is 24.2. The Bertz CT molecular complexity index is 1600. The van der Waals surface area contributed by atoms with Gasteiger partial charge in [0.25, 0.3) is 11.5 Å². The molecule has 0 spiro atoms. The standard InChI is InChI=1S/C29H28BrClN4O4/c1-4-5-10-26-33-24-12-11-20(30)14-22(24)29(37)35(26)32-16-19-13-21(31)15-25(38-3)28(19)39-17-27(36)34-23-9-7-6-8-18(23)2/h6-9,11-16H,4-5,10,17H2,1-3H3,(H,34,36). The van der Waals surface area contributed by atoms with Crippen molar-refractivity contribution in [1.82, 2.24) is 9.66 Å². The van der Waals surface area contributed by atoms with Gasteiger partial charge in [-0.1, -0.05) is 59.1 Å². The van der Waals surface area contributed by atoms with Gasteiger partial charge in [-0.2, -0.15) is 9.78 Å². The monoisotopic (exact) mass is 610 g/mol. The maximum Gasteiger partial charge on any atom is 0.282 e. The van der Waals surface area contributed by atoms with Crippen molar-refractivity contribution in [2.75, 3.05) is 19.0 Å². The number of unbranched alkanes of at least 4 members (excludes halogenated alkanes) is 1. The number of nitrogens with zero attached hydrogens (tertiary/aromatic N) is 3. The summed E-state index contributed by atoms with van der Waals surface area (Å²) in [6.07, 6.45) is 3.83. The van der Waals surface area contributed by atoms with Gasteiger partial charge in [0, 0.05) is 33.2 Å². The van der Waals surface area contributed by atoms with E-state index in [-0.39, 0.29) is 23.8 Å². The number of hydrogen-bond donors (Lipinski definition) is 1. The van der Waals surface area contributed by atoms with Crippen LogP contribution in [0, 0.1) is 6.92 Å². The van der Waals surface area contributed by atoms with Crippen LogP contribution < -0.4 is 20.3 Å². The van der Waals surface area contributed by atoms with Crippen LogP contribution in [0.1, 0.15) is 36.7 Å². The fraction of sp³-hybridized carbons (Fsp3) is 0.241. The number of fused-ring (bicyclic) bond motifs is 1. The van der Waals surface area contributed by atoms with E-state index in [4.69, 9.17) is 26.1 Å². The molecule has 0 unspecified atom stereocenters. The first kappa shape index (κ1) is 28.3. The number of anilines is 1. The molecule has 0 radical (unpaired) electrons. The van der Waals surface area contributed by atoms with Crippen LogP contribution in [0.15, 0.2) is 69.0 Å². The number of aryl methyl sites for hydroxylation is 2. The fourth-order valence-corrected chi connectivity index (χ4v) is 4.54. The summed E-state index contributed by atoms with van der Waals surface area (Å²) in [5.41, 5.74) is 2.38. The molecule has 4 aromatic rings. The van der Waals surface area contributed by atoms with Crippen molar-refractivity contribution in [2.45, 2.75) is 33.1 Å². The molecule has 0 aliphatic heterocycles. The molecule has 0 fully saturated rings. The summed E-state index contributed by atoms with van der Waals surface area (Å²) in [4.78, 5) is 30.8. The molecule has 1 heterocycles. The molecule has 0 saturated carbocycles. The first-order valence-electron chi connectivity index (χ1n) is 12.4. The van der Waals surface area contributed by atoms with Crippen LogP contribution in [0.3, 0.4) is 0 Å². The molecule has 3 aromatic carbocycles. The maximum absolute atomic E-state index is 13.4. The number of nitrogens with one attached hydrogen (secondary N) is 1. The lowest BCUT2D eigenvalue weighted by Crippen LogP contribution is -2.23. The van der Waals surface area contributed by atoms with Crippen molar-refractivity contribution in [2.24, 2.45) is 5.10 Å². The smallest absolute Gasteiger partial charge is 0.282 e. The molecule has 0 bridgehead atoms. The highest BCUT2D eigenvalue weighted by Gasteiger charge is 2.16. The topological polar surface area (TPSA) is 94.8 Å². The molecule has 1 aromatic heterocycles. The van der Waals surface area contributed by atoms with E-state index in [2.05, 4.69) is 33.3 Å². The highest BCUT2D eigenvalue weighted by molar-refractivity contribution is 9.10. The molecule has 39 heavy (non-hydrogen) atoms. The molecule has 202 valence electrons. The third kappa shape index (κ3) is 6.85. The lowest BCUT2D eigenvalue weighted by Gasteiger charge is -2.15. The summed E-state index contributed by atoms with van der Waals surface area (Å²) in [5.74, 6) is 0.797. The van der Waals surface area contributed by atoms with Crippen molar-refractivity contribution in [3.8, 4) is 11.5 Å². The van der Waals surface area contributed by atoms with Crippen molar-refractivity contribution in [3.05, 3.63) is 91.4 Å². The predicted octanol–water partition coefficient (Wildman–Crippen LogP) is 6.37. The first-order valence-corrected chi connectivity index (χ1v) is 13.6. The second-order valence-corrected chi connectivity index (χ2v) is 10.2. The Hall–Kier alpha value is -3.69. The Morgan fingerprint density at radius 3 is 2.74 bits per heavy atom. The molecule has 0 saturated heterocycles. The van der Waals surface area contributed by atoms with E-state index in [1.807, 2.05) is 37.3 Å². The second kappa shape index (κ2) is 12.9. The molecule has 8 nitrogen and oxygen atoms in total. The summed E-state index contributed by atoms with van der Waals surface area (Å²) in [7, 11) is 1.48. The molecular weight excluding hydrogens is 584 g/mol. The number of para-hydroxylation sites is 1. The Balaban J connectivity index is 1.69. The summed E-state index contributed by atoms with van der Waals surface area (Å²) >= 11 is 9.76. The minimum absolute atomic E-state index is 0.269. The highest BCUT2D eigenvalue weighted by atomic mass is 79.9. The average molecular weight is 612 g/mol. The third-order valence-corrected chi connectivity index (χ3v) is 6.69. The third-order valence-electron chi connectivity index (χ3n) is 5.98. The van der Waals surface area contributed by atoms with Gasteiger partial charge in [0.2, 0.25) is 0 Å². The van der Waals surface area contributed by atoms with Gasteiger partial charge in [0.1, 0.15) is 5.82 Å². The van der Waals surface area contributed by atoms with Gasteiger partial charge in [-0.25, -0.2) is 4.98 Å². The minimum atomic E-state index is -0.341. The number of halogens is 2. The molecule has 0 aliphatic rings. The number of carbonyl (C=O) groups excluding carboxylic acids is 1. The number of ether oxygens (including phenoxy) is 2. The highest BCUT2D eigenvalue weighted by Crippen LogP contribution is 2.34. The maximum atomic E-state index is 13.4. The van der Waals surface area contributed by atoms with Crippen LogP contribution in [-0.4, -0.2) is 35.5 Å². The van der Waals surface area contributed by atoms with Crippen molar-refractivity contribution < 1.29 is 14.3 Å². The fourth-order valence-electron chi connectivity index (χ4n) is 3.96. The number of hydrogen-bond acceptors (Lipinski definition) is 6. The van der Waals surface area contributed by atoms with Gasteiger partial charge >= 0.3 is 0 Å². The van der Waals surface area contributed by atoms with Crippen molar-refractivity contribution in [1.29, 1.82) is 0 Å². The van der Waals surface area contributed by atoms with Crippen LogP contribution in [0.2, 0.25) is 5.02 Å². The Labute approximate surface area is 239 Å². The molecular formula is C29H28BrClN4O4. The van der Waals surface area contributed by atoms with Gasteiger partial charge in [0.15, 0.2) is 18.1 Å². The molecule has 0 aliphatic carbocycles. The summed E-state index contributed by atoms with van der Waals surface area (Å²) < 4.78 is 13.4. The van der Waals surface area contributed by atoms with Crippen LogP contribution in [0.4, 0.5) is 5.69 Å². The predicted molar refractivity (Wildman–Crippen MR) is 159 cm³/mol. The SMILES string of the molecule is CCCCc1nc2ccc(Br)cc2c(=O)n1N=Cc1cc(Cl)cc(OC)c1OCC(=O)Nc1ccccc1C. The first-order chi connectivity index (χ1) is 18.8. The summed E-state index contributed by atoms with van der Waals surface area (Å²) in [6.45, 7) is 3.70. The molecule has 1 amide bonds. The largest absolute Gasteiger partial charge is 0.493 e. The number of carbonyl (C=O) groups is 1. The Kier molecular flexibility index (Phi) is 9.37. The number of methoxy groups -OCH3 is 1. The molecule has 0 atom stereocenters. The van der Waals surface area contributed by atoms with E-state index in [1.165, 1.54) is 18.0 Å². The second-order valence-electron chi connectivity index (χ2n) is 8.83. The zero-order chi connectivity index (χ0) is 27.9. The van der Waals surface area contributed by atoms with E-state index in [0.29, 0.717) is 45.2 Å². The van der Waals surface area contributed by atoms with Gasteiger partial charge in [0.05, 0.1) is 24.2 Å². The van der Waals surface area contributed by atoms with E-state index in [9.17, 15) is 9.59 Å². The zero-order valence-electron chi connectivity index (χ0n) is 21.8. The number of amides is 1. The van der Waals surface area contributed by atoms with E-state index in [1.54, 1.807) is 24.3 Å². The van der Waals surface area contributed by atoms with Crippen LogP contribution >= 0.6 is 27.5 Å². The Morgan fingerprint density at radius 1 is 1.21 bits per heavy atom. The lowest BCUT2D eigenvalue weighted by atomic mass is 10.2. The van der Waals surface area contributed by atoms with Gasteiger partial charge < -0.3 is 14.8 Å². The number of rotatable bonds is 10. The summed E-state index contributed by atoms with van der Waals surface area (Å²) in [5, 5.41) is 8.16. The summed E-state index contributed by atoms with van der Waals surface area (Å²) in [6, 6.07) is 16.1. The molecule has 1 N–H and O–H groups in total. The van der Waals surface area contributed by atoms with E-state index < -0.39 is 0 Å². The van der Waals surface area contributed by atoms with Gasteiger partial charge in [-0.3, -0.25) is 9.59 Å². The molecule has 10 heteroatoms. The van der Waals surface area contributed by atoms with Crippen LogP contribution in [-0.2, 0) is 11.2 Å². The van der Waals surface area contributed by atoms with E-state index >= 15 is 0 Å². The van der Waals surface area contributed by atoms with Crippen molar-refractivity contribution >= 4 is 56.2 Å². The average Bonchev–Trinajstić information content (AvgIpc) is 2.92. The quantitative estimate of drug-likeness (QED) is 0.210. The van der Waals surface area contributed by atoms with Gasteiger partial charge in [-0.15, -0.1) is 0 Å². The van der Waals surface area contributed by atoms with E-state index in [0.717, 1.165) is 22.9 Å².